The summed E-state index contributed by atoms with van der Waals surface area (Å²) in [7, 11) is 1.80. The summed E-state index contributed by atoms with van der Waals surface area (Å²) in [6, 6.07) is 18.7. The van der Waals surface area contributed by atoms with Crippen LogP contribution in [0.15, 0.2) is 72.0 Å². The molecule has 6 nitrogen and oxygen atoms in total. The van der Waals surface area contributed by atoms with Crippen molar-refractivity contribution in [3.05, 3.63) is 83.1 Å². The Morgan fingerprint density at radius 1 is 1.16 bits per heavy atom. The molecule has 2 heterocycles. The van der Waals surface area contributed by atoms with E-state index in [1.54, 1.807) is 7.05 Å². The quantitative estimate of drug-likeness (QED) is 0.275. The van der Waals surface area contributed by atoms with Crippen molar-refractivity contribution in [1.82, 2.24) is 20.4 Å². The molecule has 31 heavy (non-hydrogen) atoms. The Morgan fingerprint density at radius 2 is 2.00 bits per heavy atom. The Hall–Kier alpha value is -2.26. The fourth-order valence-corrected chi connectivity index (χ4v) is 3.90. The van der Waals surface area contributed by atoms with Crippen LogP contribution >= 0.6 is 35.6 Å². The van der Waals surface area contributed by atoms with Crippen LogP contribution < -0.4 is 15.5 Å². The number of rotatable bonds is 6. The van der Waals surface area contributed by atoms with Crippen LogP contribution in [0.4, 0.5) is 5.69 Å². The van der Waals surface area contributed by atoms with Crippen molar-refractivity contribution in [2.45, 2.75) is 25.6 Å². The molecule has 3 aromatic rings. The molecule has 1 atom stereocenters. The number of anilines is 1. The molecule has 1 fully saturated rings. The molecule has 1 aliphatic heterocycles. The molecule has 4 rings (SSSR count). The minimum atomic E-state index is 0. The first-order valence-electron chi connectivity index (χ1n) is 10.2. The van der Waals surface area contributed by atoms with Gasteiger partial charge in [0.25, 0.3) is 0 Å². The van der Waals surface area contributed by atoms with Crippen molar-refractivity contribution < 1.29 is 0 Å². The molecule has 0 amide bonds. The van der Waals surface area contributed by atoms with Gasteiger partial charge in [0.1, 0.15) is 0 Å². The Labute approximate surface area is 205 Å². The molecule has 0 saturated carbocycles. The first-order chi connectivity index (χ1) is 14.7. The van der Waals surface area contributed by atoms with Crippen molar-refractivity contribution in [3.8, 4) is 0 Å². The zero-order chi connectivity index (χ0) is 20.8. The third kappa shape index (κ3) is 6.61. The fraction of sp³-hybridized carbons (Fsp3) is 0.304. The minimum absolute atomic E-state index is 0. The van der Waals surface area contributed by atoms with Gasteiger partial charge in [0, 0.05) is 55.2 Å². The van der Waals surface area contributed by atoms with E-state index >= 15 is 0 Å². The van der Waals surface area contributed by atoms with Gasteiger partial charge in [0.2, 0.25) is 0 Å². The van der Waals surface area contributed by atoms with Crippen molar-refractivity contribution in [3.63, 3.8) is 0 Å². The van der Waals surface area contributed by atoms with Gasteiger partial charge in [-0.05, 0) is 30.2 Å². The smallest absolute Gasteiger partial charge is 0.191 e. The van der Waals surface area contributed by atoms with E-state index < -0.39 is 0 Å². The van der Waals surface area contributed by atoms with E-state index in [1.165, 1.54) is 11.3 Å². The van der Waals surface area contributed by atoms with Crippen LogP contribution in [0.25, 0.3) is 0 Å². The van der Waals surface area contributed by atoms with Gasteiger partial charge in [-0.1, -0.05) is 48.0 Å². The van der Waals surface area contributed by atoms with Gasteiger partial charge in [-0.2, -0.15) is 5.10 Å². The van der Waals surface area contributed by atoms with Gasteiger partial charge in [-0.25, -0.2) is 0 Å². The summed E-state index contributed by atoms with van der Waals surface area (Å²) in [6.45, 7) is 3.38. The highest BCUT2D eigenvalue weighted by Crippen LogP contribution is 2.23. The molecular formula is C23H28ClIN6. The van der Waals surface area contributed by atoms with Gasteiger partial charge >= 0.3 is 0 Å². The van der Waals surface area contributed by atoms with E-state index in [4.69, 9.17) is 11.6 Å². The van der Waals surface area contributed by atoms with E-state index in [0.29, 0.717) is 12.6 Å². The number of nitrogens with zero attached hydrogens (tertiary/aromatic N) is 4. The van der Waals surface area contributed by atoms with E-state index in [2.05, 4.69) is 50.0 Å². The summed E-state index contributed by atoms with van der Waals surface area (Å²) in [5.74, 6) is 0.809. The normalized spacial score (nSPS) is 16.1. The average molecular weight is 551 g/mol. The molecule has 2 N–H and O–H groups in total. The van der Waals surface area contributed by atoms with Crippen molar-refractivity contribution in [2.75, 3.05) is 25.0 Å². The standard InChI is InChI=1S/C23H27ClN6.HI/c1-25-23(28-21-10-11-29(17-21)22-9-5-8-20(24)12-22)26-13-19-14-27-30(16-19)15-18-6-3-2-4-7-18;/h2-9,12,14,16,21H,10-11,13,15,17H2,1H3,(H2,25,26,28);1H. The number of hydrogen-bond acceptors (Lipinski definition) is 3. The molecule has 0 radical (unpaired) electrons. The molecule has 8 heteroatoms. The molecule has 1 saturated heterocycles. The Bertz CT molecular complexity index is 990. The molecule has 0 spiro atoms. The first kappa shape index (κ1) is 23.4. The van der Waals surface area contributed by atoms with Gasteiger partial charge in [0.15, 0.2) is 5.96 Å². The Kier molecular flexibility index (Phi) is 8.60. The van der Waals surface area contributed by atoms with E-state index in [1.807, 2.05) is 47.3 Å². The number of guanidine groups is 1. The molecule has 1 aromatic heterocycles. The van der Waals surface area contributed by atoms with Crippen LogP contribution in [0.3, 0.4) is 0 Å². The van der Waals surface area contributed by atoms with Crippen LogP contribution in [0.1, 0.15) is 17.5 Å². The highest BCUT2D eigenvalue weighted by Gasteiger charge is 2.23. The van der Waals surface area contributed by atoms with Crippen LogP contribution in [0.5, 0.6) is 0 Å². The molecule has 1 aliphatic rings. The van der Waals surface area contributed by atoms with Gasteiger partial charge in [-0.15, -0.1) is 24.0 Å². The Morgan fingerprint density at radius 3 is 2.77 bits per heavy atom. The summed E-state index contributed by atoms with van der Waals surface area (Å²) in [6.07, 6.45) is 5.03. The third-order valence-corrected chi connectivity index (χ3v) is 5.50. The maximum atomic E-state index is 6.13. The predicted octanol–water partition coefficient (Wildman–Crippen LogP) is 4.15. The van der Waals surface area contributed by atoms with Gasteiger partial charge < -0.3 is 15.5 Å². The SMILES string of the molecule is CN=C(NCc1cnn(Cc2ccccc2)c1)NC1CCN(c2cccc(Cl)c2)C1.I. The largest absolute Gasteiger partial charge is 0.369 e. The molecule has 1 unspecified atom stereocenters. The number of nitrogens with one attached hydrogen (secondary N) is 2. The predicted molar refractivity (Wildman–Crippen MR) is 139 cm³/mol. The van der Waals surface area contributed by atoms with Gasteiger partial charge in [-0.3, -0.25) is 9.67 Å². The highest BCUT2D eigenvalue weighted by atomic mass is 127. The number of aromatic nitrogens is 2. The summed E-state index contributed by atoms with van der Waals surface area (Å²) < 4.78 is 1.96. The topological polar surface area (TPSA) is 57.5 Å². The number of hydrogen-bond donors (Lipinski definition) is 2. The van der Waals surface area contributed by atoms with E-state index in [-0.39, 0.29) is 24.0 Å². The second-order valence-electron chi connectivity index (χ2n) is 7.51. The van der Waals surface area contributed by atoms with Crippen LogP contribution in [-0.2, 0) is 13.1 Å². The molecule has 0 aliphatic carbocycles. The van der Waals surface area contributed by atoms with Crippen LogP contribution in [-0.4, -0.2) is 41.9 Å². The number of aliphatic imine (C=N–C) groups is 1. The summed E-state index contributed by atoms with van der Waals surface area (Å²) >= 11 is 6.13. The third-order valence-electron chi connectivity index (χ3n) is 5.26. The van der Waals surface area contributed by atoms with Gasteiger partial charge in [0.05, 0.1) is 12.7 Å². The maximum absolute atomic E-state index is 6.13. The lowest BCUT2D eigenvalue weighted by molar-refractivity contribution is 0.648. The lowest BCUT2D eigenvalue weighted by Crippen LogP contribution is -2.44. The zero-order valence-electron chi connectivity index (χ0n) is 17.5. The second kappa shape index (κ2) is 11.4. The Balaban J connectivity index is 0.00000272. The minimum Gasteiger partial charge on any atom is -0.369 e. The first-order valence-corrected chi connectivity index (χ1v) is 10.6. The number of benzene rings is 2. The fourth-order valence-electron chi connectivity index (χ4n) is 3.71. The lowest BCUT2D eigenvalue weighted by atomic mass is 10.2. The zero-order valence-corrected chi connectivity index (χ0v) is 20.6. The monoisotopic (exact) mass is 550 g/mol. The van der Waals surface area contributed by atoms with Crippen molar-refractivity contribution in [2.24, 2.45) is 4.99 Å². The highest BCUT2D eigenvalue weighted by molar-refractivity contribution is 14.0. The van der Waals surface area contributed by atoms with E-state index in [0.717, 1.165) is 42.6 Å². The molecule has 2 aromatic carbocycles. The molecule has 0 bridgehead atoms. The average Bonchev–Trinajstić information content (AvgIpc) is 3.41. The molecular weight excluding hydrogens is 523 g/mol. The molecule has 164 valence electrons. The second-order valence-corrected chi connectivity index (χ2v) is 7.95. The summed E-state index contributed by atoms with van der Waals surface area (Å²) in [4.78, 5) is 6.73. The van der Waals surface area contributed by atoms with Crippen molar-refractivity contribution >= 4 is 47.2 Å². The van der Waals surface area contributed by atoms with Crippen molar-refractivity contribution in [1.29, 1.82) is 0 Å². The maximum Gasteiger partial charge on any atom is 0.191 e. The number of halogens is 2. The van der Waals surface area contributed by atoms with Crippen LogP contribution in [0.2, 0.25) is 5.02 Å². The van der Waals surface area contributed by atoms with Crippen LogP contribution in [0, 0.1) is 0 Å². The summed E-state index contributed by atoms with van der Waals surface area (Å²) in [5.41, 5.74) is 3.53. The lowest BCUT2D eigenvalue weighted by Gasteiger charge is -2.20. The summed E-state index contributed by atoms with van der Waals surface area (Å²) in [5, 5.41) is 12.2. The van der Waals surface area contributed by atoms with E-state index in [9.17, 15) is 0 Å².